The summed E-state index contributed by atoms with van der Waals surface area (Å²) in [5, 5.41) is 0. The molecule has 24 heavy (non-hydrogen) atoms. The summed E-state index contributed by atoms with van der Waals surface area (Å²) < 4.78 is 18.5. The van der Waals surface area contributed by atoms with E-state index in [1.807, 2.05) is 35.8 Å². The van der Waals surface area contributed by atoms with Crippen molar-refractivity contribution >= 4 is 0 Å². The molecule has 0 bridgehead atoms. The summed E-state index contributed by atoms with van der Waals surface area (Å²) in [6.45, 7) is 7.67. The number of rotatable bonds is 8. The van der Waals surface area contributed by atoms with Gasteiger partial charge in [-0.25, -0.2) is 0 Å². The third-order valence-electron chi connectivity index (χ3n) is 3.61. The summed E-state index contributed by atoms with van der Waals surface area (Å²) in [5.41, 5.74) is 0.738. The highest BCUT2D eigenvalue weighted by Crippen LogP contribution is 2.17. The second-order valence-electron chi connectivity index (χ2n) is 6.02. The second-order valence-corrected chi connectivity index (χ2v) is 6.02. The van der Waals surface area contributed by atoms with Gasteiger partial charge < -0.3 is 18.8 Å². The molecule has 2 rings (SSSR count). The van der Waals surface area contributed by atoms with E-state index in [4.69, 9.17) is 14.2 Å². The zero-order valence-corrected chi connectivity index (χ0v) is 14.7. The number of ether oxygens (including phenoxy) is 3. The Morgan fingerprint density at radius 3 is 2.33 bits per heavy atom. The minimum Gasteiger partial charge on any atom is -0.497 e. The zero-order chi connectivity index (χ0) is 17.5. The summed E-state index contributed by atoms with van der Waals surface area (Å²) in [4.78, 5) is 12.0. The molecule has 1 aromatic carbocycles. The van der Waals surface area contributed by atoms with Crippen molar-refractivity contribution in [2.24, 2.45) is 5.92 Å². The maximum absolute atomic E-state index is 12.0. The van der Waals surface area contributed by atoms with E-state index in [0.717, 1.165) is 17.2 Å². The van der Waals surface area contributed by atoms with Gasteiger partial charge in [0.05, 0.1) is 26.0 Å². The Kier molecular flexibility index (Phi) is 6.29. The van der Waals surface area contributed by atoms with Crippen molar-refractivity contribution in [1.29, 1.82) is 0 Å². The molecule has 0 atom stereocenters. The van der Waals surface area contributed by atoms with Crippen molar-refractivity contribution in [1.82, 2.24) is 4.57 Å². The Labute approximate surface area is 142 Å². The summed E-state index contributed by atoms with van der Waals surface area (Å²) in [6, 6.07) is 8.99. The third kappa shape index (κ3) is 4.78. The number of benzene rings is 1. The lowest BCUT2D eigenvalue weighted by Crippen LogP contribution is -2.19. The van der Waals surface area contributed by atoms with Gasteiger partial charge in [-0.15, -0.1) is 0 Å². The molecular formula is C19H25NO4. The lowest BCUT2D eigenvalue weighted by atomic mass is 10.2. The summed E-state index contributed by atoms with van der Waals surface area (Å²) in [6.07, 6.45) is 1.78. The van der Waals surface area contributed by atoms with Gasteiger partial charge in [-0.05, 0) is 37.1 Å². The van der Waals surface area contributed by atoms with Gasteiger partial charge >= 0.3 is 0 Å². The third-order valence-corrected chi connectivity index (χ3v) is 3.61. The van der Waals surface area contributed by atoms with Gasteiger partial charge in [0.2, 0.25) is 5.43 Å². The van der Waals surface area contributed by atoms with Crippen molar-refractivity contribution in [2.75, 3.05) is 20.3 Å². The molecule has 0 aliphatic heterocycles. The van der Waals surface area contributed by atoms with Crippen molar-refractivity contribution in [3.05, 3.63) is 52.4 Å². The molecule has 1 aromatic heterocycles. The van der Waals surface area contributed by atoms with Crippen LogP contribution in [0, 0.1) is 12.8 Å². The van der Waals surface area contributed by atoms with E-state index < -0.39 is 0 Å². The van der Waals surface area contributed by atoms with E-state index >= 15 is 0 Å². The standard InChI is InChI=1S/C19H25NO4/c1-14(2)13-24-19-15(3)20(10-9-18(19)21)11-12-23-17-7-5-16(22-4)6-8-17/h5-10,14H,11-13H2,1-4H3. The van der Waals surface area contributed by atoms with Crippen LogP contribution < -0.4 is 19.6 Å². The van der Waals surface area contributed by atoms with Crippen LogP contribution in [0.1, 0.15) is 19.5 Å². The molecule has 0 saturated heterocycles. The summed E-state index contributed by atoms with van der Waals surface area (Å²) >= 11 is 0. The fraction of sp³-hybridized carbons (Fsp3) is 0.421. The average Bonchev–Trinajstić information content (AvgIpc) is 2.57. The van der Waals surface area contributed by atoms with Crippen LogP contribution in [0.25, 0.3) is 0 Å². The van der Waals surface area contributed by atoms with Crippen molar-refractivity contribution < 1.29 is 14.2 Å². The molecule has 5 nitrogen and oxygen atoms in total. The Morgan fingerprint density at radius 1 is 1.04 bits per heavy atom. The monoisotopic (exact) mass is 331 g/mol. The van der Waals surface area contributed by atoms with Gasteiger partial charge in [-0.1, -0.05) is 13.8 Å². The first kappa shape index (κ1) is 17.9. The number of hydrogen-bond donors (Lipinski definition) is 0. The van der Waals surface area contributed by atoms with Crippen LogP contribution in [0.5, 0.6) is 17.2 Å². The average molecular weight is 331 g/mol. The van der Waals surface area contributed by atoms with Gasteiger partial charge in [-0.2, -0.15) is 0 Å². The number of hydrogen-bond acceptors (Lipinski definition) is 4. The second kappa shape index (κ2) is 8.43. The van der Waals surface area contributed by atoms with Crippen LogP contribution in [-0.2, 0) is 6.54 Å². The molecular weight excluding hydrogens is 306 g/mol. The van der Waals surface area contributed by atoms with Crippen molar-refractivity contribution in [3.63, 3.8) is 0 Å². The van der Waals surface area contributed by atoms with E-state index in [1.165, 1.54) is 6.07 Å². The normalized spacial score (nSPS) is 10.7. The van der Waals surface area contributed by atoms with Crippen LogP contribution in [0.15, 0.2) is 41.3 Å². The smallest absolute Gasteiger partial charge is 0.223 e. The quantitative estimate of drug-likeness (QED) is 0.745. The van der Waals surface area contributed by atoms with Crippen LogP contribution in [0.4, 0.5) is 0 Å². The van der Waals surface area contributed by atoms with Crippen molar-refractivity contribution in [2.45, 2.75) is 27.3 Å². The molecule has 1 heterocycles. The minimum absolute atomic E-state index is 0.0829. The highest BCUT2D eigenvalue weighted by atomic mass is 16.5. The Morgan fingerprint density at radius 2 is 1.71 bits per heavy atom. The van der Waals surface area contributed by atoms with Gasteiger partial charge in [0.1, 0.15) is 18.1 Å². The minimum atomic E-state index is -0.0829. The fourth-order valence-electron chi connectivity index (χ4n) is 2.26. The zero-order valence-electron chi connectivity index (χ0n) is 14.7. The van der Waals surface area contributed by atoms with E-state index in [1.54, 1.807) is 13.3 Å². The van der Waals surface area contributed by atoms with Crippen LogP contribution in [0.3, 0.4) is 0 Å². The first-order valence-electron chi connectivity index (χ1n) is 8.11. The largest absolute Gasteiger partial charge is 0.497 e. The topological polar surface area (TPSA) is 49.7 Å². The molecule has 0 radical (unpaired) electrons. The van der Waals surface area contributed by atoms with Gasteiger partial charge in [0, 0.05) is 12.3 Å². The van der Waals surface area contributed by atoms with E-state index in [9.17, 15) is 4.79 Å². The summed E-state index contributed by atoms with van der Waals surface area (Å²) in [7, 11) is 1.63. The van der Waals surface area contributed by atoms with Gasteiger partial charge in [0.15, 0.2) is 5.75 Å². The number of pyridine rings is 1. The predicted octanol–water partition coefficient (Wildman–Crippen LogP) is 3.28. The Bertz CT molecular complexity index is 704. The van der Waals surface area contributed by atoms with E-state index in [0.29, 0.717) is 31.4 Å². The molecule has 0 unspecified atom stereocenters. The molecule has 0 spiro atoms. The van der Waals surface area contributed by atoms with Gasteiger partial charge in [-0.3, -0.25) is 4.79 Å². The Hall–Kier alpha value is -2.43. The Balaban J connectivity index is 1.98. The van der Waals surface area contributed by atoms with E-state index in [-0.39, 0.29) is 5.43 Å². The maximum Gasteiger partial charge on any atom is 0.223 e. The highest BCUT2D eigenvalue weighted by Gasteiger charge is 2.09. The number of aromatic nitrogens is 1. The predicted molar refractivity (Wildman–Crippen MR) is 94.3 cm³/mol. The first-order valence-corrected chi connectivity index (χ1v) is 8.11. The highest BCUT2D eigenvalue weighted by molar-refractivity contribution is 5.31. The number of nitrogens with zero attached hydrogens (tertiary/aromatic N) is 1. The molecule has 5 heteroatoms. The number of methoxy groups -OCH3 is 1. The molecule has 0 saturated carbocycles. The lowest BCUT2D eigenvalue weighted by molar-refractivity contribution is 0.260. The lowest BCUT2D eigenvalue weighted by Gasteiger charge is -2.16. The van der Waals surface area contributed by atoms with E-state index in [2.05, 4.69) is 13.8 Å². The molecule has 0 N–H and O–H groups in total. The van der Waals surface area contributed by atoms with Crippen LogP contribution in [-0.4, -0.2) is 24.9 Å². The van der Waals surface area contributed by atoms with Gasteiger partial charge in [0.25, 0.3) is 0 Å². The fourth-order valence-corrected chi connectivity index (χ4v) is 2.26. The molecule has 0 aliphatic rings. The molecule has 130 valence electrons. The SMILES string of the molecule is COc1ccc(OCCn2ccc(=O)c(OCC(C)C)c2C)cc1. The van der Waals surface area contributed by atoms with Crippen LogP contribution >= 0.6 is 0 Å². The maximum atomic E-state index is 12.0. The summed E-state index contributed by atoms with van der Waals surface area (Å²) in [5.74, 6) is 2.38. The molecule has 2 aromatic rings. The first-order chi connectivity index (χ1) is 11.5. The van der Waals surface area contributed by atoms with Crippen molar-refractivity contribution in [3.8, 4) is 17.2 Å². The molecule has 0 fully saturated rings. The van der Waals surface area contributed by atoms with Crippen LogP contribution in [0.2, 0.25) is 0 Å². The molecule has 0 aliphatic carbocycles. The molecule has 0 amide bonds.